The minimum Gasteiger partial charge on any atom is -0.484 e. The molecule has 8 nitrogen and oxygen atoms in total. The number of hydrogen-bond donors (Lipinski definition) is 2. The maximum atomic E-state index is 12.9. The van der Waals surface area contributed by atoms with Crippen molar-refractivity contribution in [2.45, 2.75) is 6.92 Å². The van der Waals surface area contributed by atoms with E-state index in [9.17, 15) is 19.2 Å². The number of amides is 5. The molecule has 2 N–H and O–H groups in total. The molecule has 1 fully saturated rings. The van der Waals surface area contributed by atoms with E-state index in [1.54, 1.807) is 60.7 Å². The second kappa shape index (κ2) is 9.83. The van der Waals surface area contributed by atoms with Crippen LogP contribution in [0.15, 0.2) is 84.4 Å². The van der Waals surface area contributed by atoms with Gasteiger partial charge in [-0.25, -0.2) is 9.69 Å². The lowest BCUT2D eigenvalue weighted by Crippen LogP contribution is -2.54. The summed E-state index contributed by atoms with van der Waals surface area (Å²) in [6.45, 7) is 1.67. The molecule has 170 valence electrons. The SMILES string of the molecule is Cc1ccccc1NC(=O)COc1cccc(/C=C2/C(=O)NC(=O)N(c3ccccc3)C2=O)c1. The highest BCUT2D eigenvalue weighted by Gasteiger charge is 2.36. The minimum absolute atomic E-state index is 0.196. The zero-order valence-electron chi connectivity index (χ0n) is 18.3. The van der Waals surface area contributed by atoms with E-state index in [0.717, 1.165) is 10.5 Å². The number of para-hydroxylation sites is 2. The van der Waals surface area contributed by atoms with Gasteiger partial charge in [0, 0.05) is 5.69 Å². The van der Waals surface area contributed by atoms with Crippen LogP contribution in [0.1, 0.15) is 11.1 Å². The first-order chi connectivity index (χ1) is 16.4. The fourth-order valence-electron chi connectivity index (χ4n) is 3.38. The number of rotatable bonds is 6. The molecule has 0 aliphatic carbocycles. The number of carbonyl (C=O) groups is 4. The van der Waals surface area contributed by atoms with Gasteiger partial charge in [0.2, 0.25) is 0 Å². The van der Waals surface area contributed by atoms with Crippen LogP contribution in [0.3, 0.4) is 0 Å². The van der Waals surface area contributed by atoms with Gasteiger partial charge in [-0.05, 0) is 54.5 Å². The molecule has 34 heavy (non-hydrogen) atoms. The second-order valence-corrected chi connectivity index (χ2v) is 7.52. The number of urea groups is 1. The molecule has 5 amide bonds. The third kappa shape index (κ3) is 5.02. The number of nitrogens with zero attached hydrogens (tertiary/aromatic N) is 1. The van der Waals surface area contributed by atoms with E-state index in [-0.39, 0.29) is 18.1 Å². The molecule has 0 saturated carbocycles. The van der Waals surface area contributed by atoms with Crippen LogP contribution in [0.5, 0.6) is 5.75 Å². The molecular weight excluding hydrogens is 434 g/mol. The Morgan fingerprint density at radius 3 is 2.47 bits per heavy atom. The van der Waals surface area contributed by atoms with Gasteiger partial charge in [-0.3, -0.25) is 19.7 Å². The van der Waals surface area contributed by atoms with Crippen LogP contribution >= 0.6 is 0 Å². The van der Waals surface area contributed by atoms with Crippen molar-refractivity contribution >= 4 is 41.2 Å². The fraction of sp³-hybridized carbons (Fsp3) is 0.0769. The zero-order chi connectivity index (χ0) is 24.1. The van der Waals surface area contributed by atoms with Crippen LogP contribution in [0, 0.1) is 6.92 Å². The average Bonchev–Trinajstić information content (AvgIpc) is 2.83. The highest BCUT2D eigenvalue weighted by molar-refractivity contribution is 6.39. The number of aryl methyl sites for hydroxylation is 1. The maximum absolute atomic E-state index is 12.9. The molecule has 0 radical (unpaired) electrons. The standard InChI is InChI=1S/C26H21N3O5/c1-17-8-5-6-13-22(17)27-23(30)16-34-20-12-7-9-18(14-20)15-21-24(31)28-26(33)29(25(21)32)19-10-3-2-4-11-19/h2-15H,16H2,1H3,(H,27,30)(H,28,31,33)/b21-15-. The number of barbiturate groups is 1. The molecule has 1 aliphatic rings. The Labute approximate surface area is 195 Å². The third-order valence-electron chi connectivity index (χ3n) is 5.07. The largest absolute Gasteiger partial charge is 0.484 e. The van der Waals surface area contributed by atoms with Crippen LogP contribution in [-0.4, -0.2) is 30.4 Å². The molecule has 1 saturated heterocycles. The van der Waals surface area contributed by atoms with E-state index >= 15 is 0 Å². The number of carbonyl (C=O) groups excluding carboxylic acids is 4. The van der Waals surface area contributed by atoms with Crippen molar-refractivity contribution in [3.8, 4) is 5.75 Å². The van der Waals surface area contributed by atoms with E-state index in [1.807, 2.05) is 25.1 Å². The predicted molar refractivity (Wildman–Crippen MR) is 127 cm³/mol. The number of anilines is 2. The van der Waals surface area contributed by atoms with Crippen molar-refractivity contribution < 1.29 is 23.9 Å². The van der Waals surface area contributed by atoms with Crippen molar-refractivity contribution in [1.82, 2.24) is 5.32 Å². The van der Waals surface area contributed by atoms with Crippen molar-refractivity contribution in [2.24, 2.45) is 0 Å². The summed E-state index contributed by atoms with van der Waals surface area (Å²) in [7, 11) is 0. The summed E-state index contributed by atoms with van der Waals surface area (Å²) in [5.41, 5.74) is 2.28. The Balaban J connectivity index is 1.48. The topological polar surface area (TPSA) is 105 Å². The van der Waals surface area contributed by atoms with E-state index in [4.69, 9.17) is 4.74 Å². The van der Waals surface area contributed by atoms with Gasteiger partial charge >= 0.3 is 6.03 Å². The lowest BCUT2D eigenvalue weighted by Gasteiger charge is -2.26. The Hall–Kier alpha value is -4.72. The van der Waals surface area contributed by atoms with Crippen molar-refractivity contribution in [1.29, 1.82) is 0 Å². The molecule has 0 spiro atoms. The summed E-state index contributed by atoms with van der Waals surface area (Å²) in [6, 6.07) is 21.5. The number of nitrogens with one attached hydrogen (secondary N) is 2. The maximum Gasteiger partial charge on any atom is 0.335 e. The monoisotopic (exact) mass is 455 g/mol. The summed E-state index contributed by atoms with van der Waals surface area (Å²) in [5, 5.41) is 4.97. The number of benzene rings is 3. The first-order valence-corrected chi connectivity index (χ1v) is 10.5. The van der Waals surface area contributed by atoms with Gasteiger partial charge < -0.3 is 10.1 Å². The van der Waals surface area contributed by atoms with Crippen LogP contribution in [0.25, 0.3) is 6.08 Å². The normalized spacial score (nSPS) is 14.7. The van der Waals surface area contributed by atoms with E-state index in [2.05, 4.69) is 10.6 Å². The van der Waals surface area contributed by atoms with Gasteiger partial charge in [-0.1, -0.05) is 48.5 Å². The molecule has 3 aromatic carbocycles. The third-order valence-corrected chi connectivity index (χ3v) is 5.07. The molecule has 3 aromatic rings. The molecule has 0 bridgehead atoms. The molecule has 0 atom stereocenters. The first-order valence-electron chi connectivity index (χ1n) is 10.5. The second-order valence-electron chi connectivity index (χ2n) is 7.52. The lowest BCUT2D eigenvalue weighted by molar-refractivity contribution is -0.122. The highest BCUT2D eigenvalue weighted by atomic mass is 16.5. The highest BCUT2D eigenvalue weighted by Crippen LogP contribution is 2.23. The number of hydrogen-bond acceptors (Lipinski definition) is 5. The molecule has 1 heterocycles. The quantitative estimate of drug-likeness (QED) is 0.436. The Bertz CT molecular complexity index is 1300. The summed E-state index contributed by atoms with van der Waals surface area (Å²) >= 11 is 0. The van der Waals surface area contributed by atoms with Crippen molar-refractivity contribution in [2.75, 3.05) is 16.8 Å². The first kappa shape index (κ1) is 22.5. The van der Waals surface area contributed by atoms with Gasteiger partial charge in [-0.2, -0.15) is 0 Å². The molecule has 0 aromatic heterocycles. The fourth-order valence-corrected chi connectivity index (χ4v) is 3.38. The van der Waals surface area contributed by atoms with Crippen LogP contribution in [-0.2, 0) is 14.4 Å². The molecular formula is C26H21N3O5. The zero-order valence-corrected chi connectivity index (χ0v) is 18.3. The van der Waals surface area contributed by atoms with Gasteiger partial charge in [0.05, 0.1) is 5.69 Å². The lowest BCUT2D eigenvalue weighted by atomic mass is 10.1. The number of imide groups is 2. The van der Waals surface area contributed by atoms with Crippen LogP contribution in [0.2, 0.25) is 0 Å². The van der Waals surface area contributed by atoms with E-state index in [1.165, 1.54) is 6.08 Å². The molecule has 4 rings (SSSR count). The van der Waals surface area contributed by atoms with E-state index < -0.39 is 17.8 Å². The van der Waals surface area contributed by atoms with Crippen LogP contribution in [0.4, 0.5) is 16.2 Å². The van der Waals surface area contributed by atoms with Crippen molar-refractivity contribution in [3.05, 3.63) is 95.6 Å². The minimum atomic E-state index is -0.810. The molecule has 0 unspecified atom stereocenters. The van der Waals surface area contributed by atoms with Crippen molar-refractivity contribution in [3.63, 3.8) is 0 Å². The average molecular weight is 455 g/mol. The molecule has 8 heteroatoms. The van der Waals surface area contributed by atoms with Gasteiger partial charge in [0.15, 0.2) is 6.61 Å². The Morgan fingerprint density at radius 1 is 0.971 bits per heavy atom. The summed E-state index contributed by atoms with van der Waals surface area (Å²) in [4.78, 5) is 50.7. The summed E-state index contributed by atoms with van der Waals surface area (Å²) in [5.74, 6) is -1.46. The summed E-state index contributed by atoms with van der Waals surface area (Å²) in [6.07, 6.45) is 1.38. The predicted octanol–water partition coefficient (Wildman–Crippen LogP) is 3.68. The Morgan fingerprint density at radius 2 is 1.71 bits per heavy atom. The molecule has 1 aliphatic heterocycles. The smallest absolute Gasteiger partial charge is 0.335 e. The van der Waals surface area contributed by atoms with E-state index in [0.29, 0.717) is 22.7 Å². The number of ether oxygens (including phenoxy) is 1. The van der Waals surface area contributed by atoms with Gasteiger partial charge in [0.1, 0.15) is 11.3 Å². The Kier molecular flexibility index (Phi) is 6.49. The summed E-state index contributed by atoms with van der Waals surface area (Å²) < 4.78 is 5.58. The van der Waals surface area contributed by atoms with Gasteiger partial charge in [0.25, 0.3) is 17.7 Å². The van der Waals surface area contributed by atoms with Gasteiger partial charge in [-0.15, -0.1) is 0 Å². The van der Waals surface area contributed by atoms with Crippen LogP contribution < -0.4 is 20.3 Å².